The van der Waals surface area contributed by atoms with Gasteiger partial charge >= 0.3 is 0 Å². The molecule has 0 radical (unpaired) electrons. The molecule has 0 saturated heterocycles. The Morgan fingerprint density at radius 3 is 3.00 bits per heavy atom. The van der Waals surface area contributed by atoms with Gasteiger partial charge in [0, 0.05) is 12.2 Å². The minimum Gasteiger partial charge on any atom is -0.393 e. The lowest BCUT2D eigenvalue weighted by molar-refractivity contribution is 0.0131. The Hall–Kier alpha value is -1.64. The summed E-state index contributed by atoms with van der Waals surface area (Å²) in [5.74, 6) is 0.492. The molecule has 5 heteroatoms. The highest BCUT2D eigenvalue weighted by Crippen LogP contribution is 2.25. The van der Waals surface area contributed by atoms with Crippen LogP contribution in [0.2, 0.25) is 0 Å². The van der Waals surface area contributed by atoms with E-state index in [0.717, 1.165) is 30.5 Å². The molecule has 0 bridgehead atoms. The van der Waals surface area contributed by atoms with Gasteiger partial charge in [0.15, 0.2) is 0 Å². The molecule has 1 aliphatic carbocycles. The molecule has 3 N–H and O–H groups in total. The molecule has 1 atom stereocenters. The van der Waals surface area contributed by atoms with Gasteiger partial charge in [-0.1, -0.05) is 0 Å². The molecule has 1 aliphatic rings. The number of hydrogen-bond donors (Lipinski definition) is 3. The van der Waals surface area contributed by atoms with Crippen molar-refractivity contribution < 1.29 is 10.2 Å². The van der Waals surface area contributed by atoms with Crippen LogP contribution in [0.15, 0.2) is 6.07 Å². The van der Waals surface area contributed by atoms with Crippen molar-refractivity contribution in [1.29, 1.82) is 5.26 Å². The quantitative estimate of drug-likeness (QED) is 0.725. The predicted molar refractivity (Wildman–Crippen MR) is 67.2 cm³/mol. The van der Waals surface area contributed by atoms with Crippen molar-refractivity contribution in [3.05, 3.63) is 22.9 Å². The van der Waals surface area contributed by atoms with E-state index in [1.807, 2.05) is 6.07 Å². The van der Waals surface area contributed by atoms with Gasteiger partial charge in [0.25, 0.3) is 0 Å². The molecule has 1 aromatic rings. The van der Waals surface area contributed by atoms with Crippen LogP contribution in [0.3, 0.4) is 0 Å². The van der Waals surface area contributed by atoms with E-state index in [2.05, 4.69) is 16.4 Å². The number of anilines is 1. The lowest BCUT2D eigenvalue weighted by atomic mass is 10.1. The number of hydrogen-bond acceptors (Lipinski definition) is 5. The molecule has 0 aromatic carbocycles. The van der Waals surface area contributed by atoms with Gasteiger partial charge in [0.05, 0.1) is 12.2 Å². The highest BCUT2D eigenvalue weighted by Gasteiger charge is 2.21. The second kappa shape index (κ2) is 4.92. The third-order valence-electron chi connectivity index (χ3n) is 3.15. The summed E-state index contributed by atoms with van der Waals surface area (Å²) in [5.41, 5.74) is 1.45. The SMILES string of the molecule is CC(O)(CO)CNc1nc2c(cc1C#N)CCC2. The van der Waals surface area contributed by atoms with Crippen LogP contribution in [0.5, 0.6) is 0 Å². The Kier molecular flexibility index (Phi) is 3.50. The van der Waals surface area contributed by atoms with Crippen LogP contribution < -0.4 is 5.32 Å². The number of nitrogens with zero attached hydrogens (tertiary/aromatic N) is 2. The molecule has 5 nitrogen and oxygen atoms in total. The van der Waals surface area contributed by atoms with Gasteiger partial charge < -0.3 is 15.5 Å². The van der Waals surface area contributed by atoms with Gasteiger partial charge in [0.2, 0.25) is 0 Å². The summed E-state index contributed by atoms with van der Waals surface area (Å²) >= 11 is 0. The second-order valence-electron chi connectivity index (χ2n) is 4.96. The summed E-state index contributed by atoms with van der Waals surface area (Å²) in [6.45, 7) is 1.34. The maximum Gasteiger partial charge on any atom is 0.144 e. The Labute approximate surface area is 106 Å². The molecule has 0 spiro atoms. The number of pyridine rings is 1. The zero-order valence-corrected chi connectivity index (χ0v) is 10.4. The molecular weight excluding hydrogens is 230 g/mol. The summed E-state index contributed by atoms with van der Waals surface area (Å²) < 4.78 is 0. The number of rotatable bonds is 4. The minimum absolute atomic E-state index is 0.157. The van der Waals surface area contributed by atoms with Crippen molar-refractivity contribution >= 4 is 5.82 Å². The van der Waals surface area contributed by atoms with Crippen molar-refractivity contribution in [3.63, 3.8) is 0 Å². The van der Waals surface area contributed by atoms with Crippen LogP contribution in [-0.2, 0) is 12.8 Å². The predicted octanol–water partition coefficient (Wildman–Crippen LogP) is 0.597. The average Bonchev–Trinajstić information content (AvgIpc) is 2.82. The molecule has 1 aromatic heterocycles. The first-order valence-corrected chi connectivity index (χ1v) is 6.06. The van der Waals surface area contributed by atoms with E-state index >= 15 is 0 Å². The summed E-state index contributed by atoms with van der Waals surface area (Å²) in [6.07, 6.45) is 2.99. The molecule has 1 unspecified atom stereocenters. The maximum atomic E-state index is 9.72. The number of aliphatic hydroxyl groups excluding tert-OH is 1. The van der Waals surface area contributed by atoms with Crippen LogP contribution >= 0.6 is 0 Å². The molecule has 0 amide bonds. The number of aliphatic hydroxyl groups is 2. The van der Waals surface area contributed by atoms with Crippen LogP contribution in [0.4, 0.5) is 5.82 Å². The number of aryl methyl sites for hydroxylation is 2. The van der Waals surface area contributed by atoms with Crippen LogP contribution in [0.25, 0.3) is 0 Å². The Morgan fingerprint density at radius 1 is 1.56 bits per heavy atom. The summed E-state index contributed by atoms with van der Waals surface area (Å²) in [4.78, 5) is 4.44. The van der Waals surface area contributed by atoms with Gasteiger partial charge in [0.1, 0.15) is 17.5 Å². The van der Waals surface area contributed by atoms with Gasteiger partial charge in [-0.2, -0.15) is 5.26 Å². The monoisotopic (exact) mass is 247 g/mol. The summed E-state index contributed by atoms with van der Waals surface area (Å²) in [5, 5.41) is 30.7. The lowest BCUT2D eigenvalue weighted by Gasteiger charge is -2.21. The highest BCUT2D eigenvalue weighted by atomic mass is 16.3. The normalized spacial score (nSPS) is 16.8. The maximum absolute atomic E-state index is 9.72. The van der Waals surface area contributed by atoms with E-state index in [4.69, 9.17) is 10.4 Å². The molecule has 2 rings (SSSR count). The van der Waals surface area contributed by atoms with Gasteiger partial charge in [-0.25, -0.2) is 4.98 Å². The van der Waals surface area contributed by atoms with Crippen molar-refractivity contribution in [2.75, 3.05) is 18.5 Å². The van der Waals surface area contributed by atoms with Crippen molar-refractivity contribution in [1.82, 2.24) is 4.98 Å². The third kappa shape index (κ3) is 2.61. The summed E-state index contributed by atoms with van der Waals surface area (Å²) in [6, 6.07) is 3.98. The number of aromatic nitrogens is 1. The van der Waals surface area contributed by atoms with Gasteiger partial charge in [-0.05, 0) is 37.8 Å². The zero-order valence-electron chi connectivity index (χ0n) is 10.4. The molecule has 18 heavy (non-hydrogen) atoms. The topological polar surface area (TPSA) is 89.2 Å². The van der Waals surface area contributed by atoms with Crippen LogP contribution in [0, 0.1) is 11.3 Å². The number of nitriles is 1. The largest absolute Gasteiger partial charge is 0.393 e. The highest BCUT2D eigenvalue weighted by molar-refractivity contribution is 5.55. The smallest absolute Gasteiger partial charge is 0.144 e. The Balaban J connectivity index is 2.20. The van der Waals surface area contributed by atoms with E-state index in [1.54, 1.807) is 0 Å². The first-order valence-electron chi connectivity index (χ1n) is 6.06. The third-order valence-corrected chi connectivity index (χ3v) is 3.15. The fraction of sp³-hybridized carbons (Fsp3) is 0.538. The zero-order chi connectivity index (χ0) is 13.2. The Morgan fingerprint density at radius 2 is 2.33 bits per heavy atom. The molecule has 96 valence electrons. The summed E-state index contributed by atoms with van der Waals surface area (Å²) in [7, 11) is 0. The van der Waals surface area contributed by atoms with Gasteiger partial charge in [-0.3, -0.25) is 0 Å². The van der Waals surface area contributed by atoms with E-state index in [1.165, 1.54) is 6.92 Å². The number of nitrogens with one attached hydrogen (secondary N) is 1. The first-order chi connectivity index (χ1) is 8.55. The van der Waals surface area contributed by atoms with E-state index in [0.29, 0.717) is 11.4 Å². The molecular formula is C13H17N3O2. The van der Waals surface area contributed by atoms with Crippen molar-refractivity contribution in [2.45, 2.75) is 31.8 Å². The second-order valence-corrected chi connectivity index (χ2v) is 4.96. The average molecular weight is 247 g/mol. The van der Waals surface area contributed by atoms with Crippen LogP contribution in [-0.4, -0.2) is 33.9 Å². The first kappa shape index (κ1) is 12.8. The fourth-order valence-electron chi connectivity index (χ4n) is 2.02. The molecule has 0 saturated carbocycles. The molecule has 0 aliphatic heterocycles. The van der Waals surface area contributed by atoms with E-state index in [9.17, 15) is 5.11 Å². The van der Waals surface area contributed by atoms with Crippen molar-refractivity contribution in [3.8, 4) is 6.07 Å². The number of fused-ring (bicyclic) bond motifs is 1. The fourth-order valence-corrected chi connectivity index (χ4v) is 2.02. The van der Waals surface area contributed by atoms with Crippen LogP contribution in [0.1, 0.15) is 30.2 Å². The Bertz CT molecular complexity index is 492. The van der Waals surface area contributed by atoms with Crippen molar-refractivity contribution in [2.24, 2.45) is 0 Å². The standard InChI is InChI=1S/C13H17N3O2/c1-13(18,8-17)7-15-12-10(6-14)5-9-3-2-4-11(9)16-12/h5,17-18H,2-4,7-8H2,1H3,(H,15,16). The minimum atomic E-state index is -1.21. The van der Waals surface area contributed by atoms with E-state index < -0.39 is 5.60 Å². The van der Waals surface area contributed by atoms with Gasteiger partial charge in [-0.15, -0.1) is 0 Å². The van der Waals surface area contributed by atoms with E-state index in [-0.39, 0.29) is 13.2 Å². The molecule has 0 fully saturated rings. The lowest BCUT2D eigenvalue weighted by Crippen LogP contribution is -2.37. The molecule has 1 heterocycles.